The number of benzene rings is 2. The van der Waals surface area contributed by atoms with Crippen molar-refractivity contribution in [1.82, 2.24) is 0 Å². The van der Waals surface area contributed by atoms with Crippen molar-refractivity contribution in [2.75, 3.05) is 16.2 Å². The van der Waals surface area contributed by atoms with E-state index in [-0.39, 0.29) is 21.5 Å². The lowest BCUT2D eigenvalue weighted by atomic mass is 10.2. The first-order chi connectivity index (χ1) is 11.3. The van der Waals surface area contributed by atoms with Crippen molar-refractivity contribution in [1.29, 1.82) is 0 Å². The molecule has 0 fully saturated rings. The minimum Gasteiger partial charge on any atom is -0.312 e. The molecule has 5 nitrogen and oxygen atoms in total. The first-order valence-electron chi connectivity index (χ1n) is 7.17. The molecule has 0 spiro atoms. The van der Waals surface area contributed by atoms with Crippen LogP contribution in [0.15, 0.2) is 41.3 Å². The largest absolute Gasteiger partial charge is 0.312 e. The van der Waals surface area contributed by atoms with Crippen LogP contribution in [0.5, 0.6) is 0 Å². The SMILES string of the molecule is CC(=O)N1CCc2cc(S(=O)(=O)Nc3cc(Cl)ccc3F)ccc21. The minimum atomic E-state index is -3.96. The number of carbonyl (C=O) groups excluding carboxylic acids is 1. The van der Waals surface area contributed by atoms with Crippen LogP contribution in [-0.4, -0.2) is 20.9 Å². The normalized spacial score (nSPS) is 13.7. The van der Waals surface area contributed by atoms with E-state index in [1.165, 1.54) is 31.2 Å². The maximum Gasteiger partial charge on any atom is 0.261 e. The van der Waals surface area contributed by atoms with Gasteiger partial charge < -0.3 is 4.90 Å². The van der Waals surface area contributed by atoms with Gasteiger partial charge in [0.1, 0.15) is 5.82 Å². The van der Waals surface area contributed by atoms with E-state index in [1.54, 1.807) is 11.0 Å². The lowest BCUT2D eigenvalue weighted by Crippen LogP contribution is -2.25. The van der Waals surface area contributed by atoms with E-state index >= 15 is 0 Å². The number of sulfonamides is 1. The number of carbonyl (C=O) groups is 1. The summed E-state index contributed by atoms with van der Waals surface area (Å²) in [4.78, 5) is 13.1. The van der Waals surface area contributed by atoms with E-state index in [0.717, 1.165) is 11.6 Å². The number of hydrogen-bond acceptors (Lipinski definition) is 3. The fourth-order valence-electron chi connectivity index (χ4n) is 2.65. The van der Waals surface area contributed by atoms with Crippen molar-refractivity contribution in [3.05, 3.63) is 52.8 Å². The van der Waals surface area contributed by atoms with E-state index in [2.05, 4.69) is 4.72 Å². The molecule has 24 heavy (non-hydrogen) atoms. The summed E-state index contributed by atoms with van der Waals surface area (Å²) in [7, 11) is -3.96. The molecule has 2 aromatic carbocycles. The third-order valence-corrected chi connectivity index (χ3v) is 5.41. The average molecular weight is 369 g/mol. The van der Waals surface area contributed by atoms with E-state index in [9.17, 15) is 17.6 Å². The molecule has 0 saturated heterocycles. The summed E-state index contributed by atoms with van der Waals surface area (Å²) < 4.78 is 40.9. The lowest BCUT2D eigenvalue weighted by molar-refractivity contribution is -0.116. The Bertz CT molecular complexity index is 931. The highest BCUT2D eigenvalue weighted by Gasteiger charge is 2.25. The molecule has 1 N–H and O–H groups in total. The predicted molar refractivity (Wildman–Crippen MR) is 90.4 cm³/mol. The second kappa shape index (κ2) is 6.07. The van der Waals surface area contributed by atoms with Crippen LogP contribution in [0.4, 0.5) is 15.8 Å². The van der Waals surface area contributed by atoms with Crippen molar-refractivity contribution < 1.29 is 17.6 Å². The van der Waals surface area contributed by atoms with Gasteiger partial charge in [-0.15, -0.1) is 0 Å². The third kappa shape index (κ3) is 3.09. The van der Waals surface area contributed by atoms with Crippen LogP contribution in [0.3, 0.4) is 0 Å². The Hall–Kier alpha value is -2.12. The second-order valence-electron chi connectivity index (χ2n) is 5.44. The van der Waals surface area contributed by atoms with Gasteiger partial charge in [0.2, 0.25) is 5.91 Å². The highest BCUT2D eigenvalue weighted by molar-refractivity contribution is 7.92. The van der Waals surface area contributed by atoms with Crippen molar-refractivity contribution in [3.8, 4) is 0 Å². The third-order valence-electron chi connectivity index (χ3n) is 3.81. The number of rotatable bonds is 3. The molecule has 0 radical (unpaired) electrons. The Morgan fingerprint density at radius 3 is 2.71 bits per heavy atom. The summed E-state index contributed by atoms with van der Waals surface area (Å²) in [5, 5.41) is 0.222. The monoisotopic (exact) mass is 368 g/mol. The molecule has 1 aliphatic rings. The number of hydrogen-bond donors (Lipinski definition) is 1. The van der Waals surface area contributed by atoms with Crippen LogP contribution < -0.4 is 9.62 Å². The van der Waals surface area contributed by atoms with Crippen LogP contribution in [-0.2, 0) is 21.2 Å². The number of nitrogens with zero attached hydrogens (tertiary/aromatic N) is 1. The molecule has 0 saturated carbocycles. The summed E-state index contributed by atoms with van der Waals surface area (Å²) >= 11 is 5.78. The van der Waals surface area contributed by atoms with Crippen LogP contribution in [0.2, 0.25) is 5.02 Å². The molecule has 8 heteroatoms. The van der Waals surface area contributed by atoms with Crippen molar-refractivity contribution in [2.24, 2.45) is 0 Å². The van der Waals surface area contributed by atoms with Gasteiger partial charge in [0.25, 0.3) is 10.0 Å². The lowest BCUT2D eigenvalue weighted by Gasteiger charge is -2.15. The summed E-state index contributed by atoms with van der Waals surface area (Å²) in [6.07, 6.45) is 0.573. The van der Waals surface area contributed by atoms with Crippen molar-refractivity contribution in [3.63, 3.8) is 0 Å². The quantitative estimate of drug-likeness (QED) is 0.904. The van der Waals surface area contributed by atoms with Gasteiger partial charge in [0.05, 0.1) is 10.6 Å². The number of amides is 1. The number of nitrogens with one attached hydrogen (secondary N) is 1. The van der Waals surface area contributed by atoms with E-state index in [4.69, 9.17) is 11.6 Å². The highest BCUT2D eigenvalue weighted by Crippen LogP contribution is 2.31. The van der Waals surface area contributed by atoms with Gasteiger partial charge in [-0.2, -0.15) is 0 Å². The minimum absolute atomic E-state index is 0.00558. The molecule has 0 unspecified atom stereocenters. The fraction of sp³-hybridized carbons (Fsp3) is 0.188. The summed E-state index contributed by atoms with van der Waals surface area (Å²) in [5.41, 5.74) is 1.25. The number of fused-ring (bicyclic) bond motifs is 1. The smallest absolute Gasteiger partial charge is 0.261 e. The van der Waals surface area contributed by atoms with Crippen molar-refractivity contribution in [2.45, 2.75) is 18.2 Å². The molecule has 1 amide bonds. The van der Waals surface area contributed by atoms with Gasteiger partial charge in [-0.1, -0.05) is 11.6 Å². The topological polar surface area (TPSA) is 66.5 Å². The van der Waals surface area contributed by atoms with Gasteiger partial charge in [0.15, 0.2) is 0 Å². The zero-order valence-electron chi connectivity index (χ0n) is 12.7. The molecule has 3 rings (SSSR count). The molecule has 0 bridgehead atoms. The number of halogens is 2. The summed E-state index contributed by atoms with van der Waals surface area (Å²) in [6.45, 7) is 1.98. The molecule has 2 aromatic rings. The zero-order chi connectivity index (χ0) is 17.5. The van der Waals surface area contributed by atoms with Gasteiger partial charge in [0, 0.05) is 24.2 Å². The molecule has 0 aromatic heterocycles. The van der Waals surface area contributed by atoms with Crippen LogP contribution in [0, 0.1) is 5.82 Å². The van der Waals surface area contributed by atoms with Gasteiger partial charge in [-0.3, -0.25) is 9.52 Å². The first kappa shape index (κ1) is 16.7. The van der Waals surface area contributed by atoms with E-state index in [1.807, 2.05) is 0 Å². The average Bonchev–Trinajstić information content (AvgIpc) is 2.94. The Kier molecular flexibility index (Phi) is 4.23. The summed E-state index contributed by atoms with van der Waals surface area (Å²) in [5.74, 6) is -0.810. The van der Waals surface area contributed by atoms with Gasteiger partial charge in [-0.25, -0.2) is 12.8 Å². The Labute approximate surface area is 144 Å². The molecular formula is C16H14ClFN2O3S. The molecule has 0 atom stereocenters. The van der Waals surface area contributed by atoms with Gasteiger partial charge in [-0.05, 0) is 48.4 Å². The highest BCUT2D eigenvalue weighted by atomic mass is 35.5. The maximum atomic E-state index is 13.7. The first-order valence-corrected chi connectivity index (χ1v) is 9.03. The number of anilines is 2. The Morgan fingerprint density at radius 2 is 2.00 bits per heavy atom. The van der Waals surface area contributed by atoms with Crippen molar-refractivity contribution >= 4 is 38.9 Å². The van der Waals surface area contributed by atoms with Gasteiger partial charge >= 0.3 is 0 Å². The Morgan fingerprint density at radius 1 is 1.25 bits per heavy atom. The summed E-state index contributed by atoms with van der Waals surface area (Å²) in [6, 6.07) is 8.12. The standard InChI is InChI=1S/C16H14ClFN2O3S/c1-10(21)20-7-6-11-8-13(3-5-16(11)20)24(22,23)19-15-9-12(17)2-4-14(15)18/h2-5,8-9,19H,6-7H2,1H3. The molecule has 126 valence electrons. The fourth-order valence-corrected chi connectivity index (χ4v) is 3.93. The zero-order valence-corrected chi connectivity index (χ0v) is 14.3. The van der Waals surface area contributed by atoms with Crippen LogP contribution in [0.25, 0.3) is 0 Å². The van der Waals surface area contributed by atoms with E-state index < -0.39 is 15.8 Å². The Balaban J connectivity index is 1.94. The second-order valence-corrected chi connectivity index (χ2v) is 7.56. The van der Waals surface area contributed by atoms with Crippen LogP contribution in [0.1, 0.15) is 12.5 Å². The predicted octanol–water partition coefficient (Wildman–Crippen LogP) is 3.19. The van der Waals surface area contributed by atoms with E-state index in [0.29, 0.717) is 18.7 Å². The molecule has 0 aliphatic carbocycles. The molecule has 1 heterocycles. The molecule has 1 aliphatic heterocycles. The van der Waals surface area contributed by atoms with Crippen LogP contribution >= 0.6 is 11.6 Å². The molecular weight excluding hydrogens is 355 g/mol. The maximum absolute atomic E-state index is 13.7.